The van der Waals surface area contributed by atoms with Gasteiger partial charge in [-0.15, -0.1) is 0 Å². The summed E-state index contributed by atoms with van der Waals surface area (Å²) in [5.41, 5.74) is 6.69. The zero-order valence-electron chi connectivity index (χ0n) is 18.8. The quantitative estimate of drug-likeness (QED) is 0.209. The highest BCUT2D eigenvalue weighted by Gasteiger charge is 2.10. The molecule has 1 aliphatic rings. The molecule has 0 saturated heterocycles. The first-order valence-corrected chi connectivity index (χ1v) is 11.0. The highest BCUT2D eigenvalue weighted by atomic mass is 16.5. The lowest BCUT2D eigenvalue weighted by molar-refractivity contribution is -0.136. The average Bonchev–Trinajstić information content (AvgIpc) is 3.40. The van der Waals surface area contributed by atoms with Crippen molar-refractivity contribution in [2.75, 3.05) is 18.6 Å². The number of carboxylic acid groups (broad SMARTS) is 1. The number of aromatic nitrogens is 1. The van der Waals surface area contributed by atoms with Crippen molar-refractivity contribution >= 4 is 23.1 Å². The maximum atomic E-state index is 10.8. The van der Waals surface area contributed by atoms with Gasteiger partial charge in [-0.25, -0.2) is 0 Å². The van der Waals surface area contributed by atoms with Gasteiger partial charge in [0, 0.05) is 18.1 Å². The van der Waals surface area contributed by atoms with Gasteiger partial charge in [-0.3, -0.25) is 15.6 Å². The van der Waals surface area contributed by atoms with E-state index in [1.54, 1.807) is 48.6 Å². The van der Waals surface area contributed by atoms with Crippen molar-refractivity contribution in [1.82, 2.24) is 5.16 Å². The Bertz CT molecular complexity index is 1260. The standard InChI is InChI=1S/C26H24N4O5/c27-21-4-1-2-5-23(21)28-29-24-17-19(22-12-15-35-30-22)8-11-25(24)34-14-3-13-33-20-9-6-18(7-10-20)16-26(31)32/h1-2,4-12,15,17,27,29H,3,13-14,16H2,(H,31,32)/b27-21?,28-23-. The third-order valence-electron chi connectivity index (χ3n) is 5.01. The Morgan fingerprint density at radius 3 is 2.60 bits per heavy atom. The van der Waals surface area contributed by atoms with Crippen LogP contribution in [0.5, 0.6) is 11.5 Å². The van der Waals surface area contributed by atoms with Gasteiger partial charge in [-0.05, 0) is 48.0 Å². The molecule has 0 amide bonds. The summed E-state index contributed by atoms with van der Waals surface area (Å²) in [5.74, 6) is 0.406. The topological polar surface area (TPSA) is 130 Å². The van der Waals surface area contributed by atoms with Crippen LogP contribution >= 0.6 is 0 Å². The summed E-state index contributed by atoms with van der Waals surface area (Å²) in [5, 5.41) is 25.2. The molecule has 0 spiro atoms. The van der Waals surface area contributed by atoms with Gasteiger partial charge in [-0.1, -0.05) is 29.4 Å². The van der Waals surface area contributed by atoms with Crippen LogP contribution in [-0.4, -0.2) is 40.9 Å². The van der Waals surface area contributed by atoms with Crippen molar-refractivity contribution in [3.05, 3.63) is 84.7 Å². The number of allylic oxidation sites excluding steroid dienone is 4. The van der Waals surface area contributed by atoms with E-state index in [9.17, 15) is 4.79 Å². The molecular weight excluding hydrogens is 448 g/mol. The van der Waals surface area contributed by atoms with Gasteiger partial charge in [0.2, 0.25) is 0 Å². The second-order valence-electron chi connectivity index (χ2n) is 7.60. The van der Waals surface area contributed by atoms with Crippen LogP contribution in [0.25, 0.3) is 11.3 Å². The van der Waals surface area contributed by atoms with E-state index in [0.29, 0.717) is 53.9 Å². The minimum Gasteiger partial charge on any atom is -0.493 e. The molecule has 4 rings (SSSR count). The molecule has 3 N–H and O–H groups in total. The lowest BCUT2D eigenvalue weighted by atomic mass is 10.1. The molecular formula is C26H24N4O5. The van der Waals surface area contributed by atoms with Crippen molar-refractivity contribution < 1.29 is 23.9 Å². The number of carbonyl (C=O) groups is 1. The van der Waals surface area contributed by atoms with Crippen LogP contribution in [0.15, 0.2) is 88.7 Å². The molecule has 9 heteroatoms. The number of hydrazone groups is 1. The molecule has 0 unspecified atom stereocenters. The second kappa shape index (κ2) is 11.5. The van der Waals surface area contributed by atoms with E-state index in [-0.39, 0.29) is 6.42 Å². The van der Waals surface area contributed by atoms with E-state index in [0.717, 1.165) is 11.1 Å². The summed E-state index contributed by atoms with van der Waals surface area (Å²) in [6, 6.07) is 14.3. The molecule has 0 fully saturated rings. The minimum absolute atomic E-state index is 0.0143. The Kier molecular flexibility index (Phi) is 7.70. The van der Waals surface area contributed by atoms with Crippen LogP contribution in [-0.2, 0) is 11.2 Å². The number of anilines is 1. The minimum atomic E-state index is -0.865. The molecule has 2 aromatic carbocycles. The molecule has 0 atom stereocenters. The number of nitrogens with zero attached hydrogens (tertiary/aromatic N) is 2. The fourth-order valence-corrected chi connectivity index (χ4v) is 3.26. The Labute approximate surface area is 201 Å². The normalized spacial score (nSPS) is 13.7. The lowest BCUT2D eigenvalue weighted by Gasteiger charge is -2.13. The first-order chi connectivity index (χ1) is 17.1. The van der Waals surface area contributed by atoms with Gasteiger partial charge in [0.25, 0.3) is 0 Å². The monoisotopic (exact) mass is 472 g/mol. The van der Waals surface area contributed by atoms with E-state index in [1.165, 1.54) is 6.26 Å². The maximum absolute atomic E-state index is 10.8. The van der Waals surface area contributed by atoms with Crippen molar-refractivity contribution in [2.45, 2.75) is 12.8 Å². The van der Waals surface area contributed by atoms with Gasteiger partial charge in [0.1, 0.15) is 29.2 Å². The summed E-state index contributed by atoms with van der Waals surface area (Å²) in [6.07, 6.45) is 9.16. The molecule has 3 aromatic rings. The molecule has 0 aliphatic heterocycles. The first-order valence-electron chi connectivity index (χ1n) is 11.0. The number of ether oxygens (including phenoxy) is 2. The van der Waals surface area contributed by atoms with Gasteiger partial charge < -0.3 is 19.1 Å². The summed E-state index contributed by atoms with van der Waals surface area (Å²) in [6.45, 7) is 0.846. The molecule has 9 nitrogen and oxygen atoms in total. The Morgan fingerprint density at radius 2 is 1.86 bits per heavy atom. The third-order valence-corrected chi connectivity index (χ3v) is 5.01. The number of rotatable bonds is 11. The molecule has 1 aliphatic carbocycles. The van der Waals surface area contributed by atoms with Gasteiger partial charge in [-0.2, -0.15) is 5.10 Å². The first kappa shape index (κ1) is 23.5. The molecule has 35 heavy (non-hydrogen) atoms. The van der Waals surface area contributed by atoms with Crippen LogP contribution in [0.1, 0.15) is 12.0 Å². The second-order valence-corrected chi connectivity index (χ2v) is 7.60. The molecule has 1 heterocycles. The van der Waals surface area contributed by atoms with E-state index in [4.69, 9.17) is 24.5 Å². The molecule has 0 saturated carbocycles. The Balaban J connectivity index is 1.36. The smallest absolute Gasteiger partial charge is 0.307 e. The molecule has 1 aromatic heterocycles. The van der Waals surface area contributed by atoms with Gasteiger partial charge in [0.15, 0.2) is 0 Å². The van der Waals surface area contributed by atoms with Crippen LogP contribution in [0.3, 0.4) is 0 Å². The van der Waals surface area contributed by atoms with Crippen molar-refractivity contribution in [3.8, 4) is 22.8 Å². The average molecular weight is 473 g/mol. The number of nitrogens with one attached hydrogen (secondary N) is 2. The summed E-state index contributed by atoms with van der Waals surface area (Å²) in [4.78, 5) is 10.8. The third kappa shape index (κ3) is 6.67. The van der Waals surface area contributed by atoms with E-state index in [1.807, 2.05) is 24.3 Å². The molecule has 178 valence electrons. The Morgan fingerprint density at radius 1 is 1.06 bits per heavy atom. The SMILES string of the molecule is N=C1C=CC=C/C1=N/Nc1cc(-c2ccon2)ccc1OCCCOc1ccc(CC(=O)O)cc1. The zero-order chi connectivity index (χ0) is 24.5. The van der Waals surface area contributed by atoms with Crippen molar-refractivity contribution in [1.29, 1.82) is 5.41 Å². The van der Waals surface area contributed by atoms with Crippen LogP contribution in [0, 0.1) is 5.41 Å². The number of hydrogen-bond donors (Lipinski definition) is 3. The number of hydrogen-bond acceptors (Lipinski definition) is 8. The molecule has 0 bridgehead atoms. The Hall–Kier alpha value is -4.66. The maximum Gasteiger partial charge on any atom is 0.307 e. The van der Waals surface area contributed by atoms with Crippen molar-refractivity contribution in [2.24, 2.45) is 5.10 Å². The highest BCUT2D eigenvalue weighted by molar-refractivity contribution is 6.50. The van der Waals surface area contributed by atoms with Gasteiger partial charge in [0.05, 0.1) is 31.0 Å². The highest BCUT2D eigenvalue weighted by Crippen LogP contribution is 2.30. The fraction of sp³-hybridized carbons (Fsp3) is 0.154. The number of aliphatic carboxylic acids is 1. The largest absolute Gasteiger partial charge is 0.493 e. The van der Waals surface area contributed by atoms with E-state index in [2.05, 4.69) is 15.7 Å². The summed E-state index contributed by atoms with van der Waals surface area (Å²) >= 11 is 0. The number of carboxylic acids is 1. The van der Waals surface area contributed by atoms with Crippen LogP contribution < -0.4 is 14.9 Å². The predicted octanol–water partition coefficient (Wildman–Crippen LogP) is 4.73. The lowest BCUT2D eigenvalue weighted by Crippen LogP contribution is -2.12. The molecule has 0 radical (unpaired) electrons. The summed E-state index contributed by atoms with van der Waals surface area (Å²) < 4.78 is 16.6. The van der Waals surface area contributed by atoms with E-state index >= 15 is 0 Å². The van der Waals surface area contributed by atoms with Crippen LogP contribution in [0.2, 0.25) is 0 Å². The number of benzene rings is 2. The summed E-state index contributed by atoms with van der Waals surface area (Å²) in [7, 11) is 0. The van der Waals surface area contributed by atoms with Crippen LogP contribution in [0.4, 0.5) is 5.69 Å². The van der Waals surface area contributed by atoms with E-state index < -0.39 is 5.97 Å². The predicted molar refractivity (Wildman–Crippen MR) is 132 cm³/mol. The zero-order valence-corrected chi connectivity index (χ0v) is 18.8. The van der Waals surface area contributed by atoms with Gasteiger partial charge >= 0.3 is 5.97 Å². The fourth-order valence-electron chi connectivity index (χ4n) is 3.26. The van der Waals surface area contributed by atoms with Crippen molar-refractivity contribution in [3.63, 3.8) is 0 Å².